The molecular formula is C27H28BrN3O2. The first-order chi connectivity index (χ1) is 15.7. The molecule has 170 valence electrons. The maximum absolute atomic E-state index is 11.9. The third kappa shape index (κ3) is 5.22. The number of carbonyl (C=O) groups is 1. The van der Waals surface area contributed by atoms with E-state index in [2.05, 4.69) is 80.8 Å². The fourth-order valence-corrected chi connectivity index (χ4v) is 4.66. The van der Waals surface area contributed by atoms with E-state index in [4.69, 9.17) is 9.72 Å². The second-order valence-electron chi connectivity index (χ2n) is 9.91. The molecule has 6 heteroatoms. The van der Waals surface area contributed by atoms with Crippen LogP contribution in [0.25, 0.3) is 32.9 Å². The van der Waals surface area contributed by atoms with Crippen molar-refractivity contribution in [3.05, 3.63) is 64.9 Å². The molecule has 1 saturated carbocycles. The molecule has 2 atom stereocenters. The molecule has 2 N–H and O–H groups in total. The van der Waals surface area contributed by atoms with E-state index < -0.39 is 5.60 Å². The van der Waals surface area contributed by atoms with E-state index in [1.807, 2.05) is 20.8 Å². The Morgan fingerprint density at radius 1 is 1.09 bits per heavy atom. The topological polar surface area (TPSA) is 67.0 Å². The Morgan fingerprint density at radius 2 is 1.82 bits per heavy atom. The van der Waals surface area contributed by atoms with Crippen LogP contribution in [0, 0.1) is 5.92 Å². The first kappa shape index (κ1) is 22.0. The highest BCUT2D eigenvalue weighted by atomic mass is 79.9. The summed E-state index contributed by atoms with van der Waals surface area (Å²) in [5.41, 5.74) is 3.93. The van der Waals surface area contributed by atoms with Gasteiger partial charge in [-0.25, -0.2) is 9.78 Å². The summed E-state index contributed by atoms with van der Waals surface area (Å²) in [6.45, 7) is 5.63. The highest BCUT2D eigenvalue weighted by Gasteiger charge is 2.38. The molecule has 1 aromatic heterocycles. The number of nitrogens with one attached hydrogen (secondary N) is 2. The number of halogens is 1. The van der Waals surface area contributed by atoms with Crippen molar-refractivity contribution >= 4 is 43.8 Å². The zero-order chi connectivity index (χ0) is 23.2. The fraction of sp³-hybridized carbons (Fsp3) is 0.333. The van der Waals surface area contributed by atoms with Gasteiger partial charge < -0.3 is 15.0 Å². The van der Waals surface area contributed by atoms with E-state index in [-0.39, 0.29) is 12.1 Å². The van der Waals surface area contributed by atoms with Crippen LogP contribution in [0.4, 0.5) is 4.79 Å². The third-order valence-electron chi connectivity index (χ3n) is 6.04. The predicted octanol–water partition coefficient (Wildman–Crippen LogP) is 6.99. The molecule has 1 amide bonds. The molecule has 5 rings (SSSR count). The largest absolute Gasteiger partial charge is 0.444 e. The van der Waals surface area contributed by atoms with Crippen molar-refractivity contribution in [3.8, 4) is 11.1 Å². The summed E-state index contributed by atoms with van der Waals surface area (Å²) in [6, 6.07) is 19.5. The number of alkyl carbamates (subject to hydrolysis) is 1. The molecule has 4 aromatic rings. The van der Waals surface area contributed by atoms with Crippen molar-refractivity contribution in [3.63, 3.8) is 0 Å². The Morgan fingerprint density at radius 3 is 2.64 bits per heavy atom. The van der Waals surface area contributed by atoms with Crippen molar-refractivity contribution in [2.75, 3.05) is 0 Å². The van der Waals surface area contributed by atoms with Gasteiger partial charge in [-0.2, -0.15) is 0 Å². The van der Waals surface area contributed by atoms with Gasteiger partial charge in [0, 0.05) is 16.9 Å². The molecular weight excluding hydrogens is 478 g/mol. The van der Waals surface area contributed by atoms with Crippen LogP contribution in [-0.4, -0.2) is 27.7 Å². The zero-order valence-electron chi connectivity index (χ0n) is 19.1. The first-order valence-corrected chi connectivity index (χ1v) is 12.2. The lowest BCUT2D eigenvalue weighted by Gasteiger charge is -2.19. The normalized spacial score (nSPS) is 17.9. The third-order valence-corrected chi connectivity index (χ3v) is 6.54. The first-order valence-electron chi connectivity index (χ1n) is 11.4. The summed E-state index contributed by atoms with van der Waals surface area (Å²) in [4.78, 5) is 20.2. The SMILES string of the molecule is CC(C)(C)OC(=O)NC1CC1CCc1nc2ccc(-c3ccc4cc(Br)ccc4c3)cc2[nH]1. The van der Waals surface area contributed by atoms with Gasteiger partial charge in [0.05, 0.1) is 11.0 Å². The van der Waals surface area contributed by atoms with Crippen LogP contribution in [0.3, 0.4) is 0 Å². The van der Waals surface area contributed by atoms with Crippen LogP contribution < -0.4 is 5.32 Å². The maximum atomic E-state index is 11.9. The van der Waals surface area contributed by atoms with E-state index in [0.29, 0.717) is 5.92 Å². The molecule has 5 nitrogen and oxygen atoms in total. The number of aromatic nitrogens is 2. The molecule has 1 fully saturated rings. The lowest BCUT2D eigenvalue weighted by Crippen LogP contribution is -2.34. The molecule has 0 radical (unpaired) electrons. The van der Waals surface area contributed by atoms with Crippen molar-refractivity contribution < 1.29 is 9.53 Å². The molecule has 0 aliphatic heterocycles. The van der Waals surface area contributed by atoms with Gasteiger partial charge in [0.1, 0.15) is 11.4 Å². The molecule has 1 heterocycles. The van der Waals surface area contributed by atoms with Crippen LogP contribution in [0.15, 0.2) is 59.1 Å². The number of fused-ring (bicyclic) bond motifs is 2. The Kier molecular flexibility index (Phi) is 5.65. The van der Waals surface area contributed by atoms with Gasteiger partial charge in [-0.1, -0.05) is 40.2 Å². The number of imidazole rings is 1. The van der Waals surface area contributed by atoms with Crippen molar-refractivity contribution in [2.45, 2.75) is 51.7 Å². The number of benzene rings is 3. The number of aromatic amines is 1. The second-order valence-corrected chi connectivity index (χ2v) is 10.8. The van der Waals surface area contributed by atoms with Crippen molar-refractivity contribution in [1.82, 2.24) is 15.3 Å². The molecule has 2 unspecified atom stereocenters. The number of aryl methyl sites for hydroxylation is 1. The average Bonchev–Trinajstić information content (AvgIpc) is 3.34. The summed E-state index contributed by atoms with van der Waals surface area (Å²) in [5, 5.41) is 5.41. The lowest BCUT2D eigenvalue weighted by molar-refractivity contribution is 0.0521. The fourth-order valence-electron chi connectivity index (χ4n) is 4.28. The Bertz CT molecular complexity index is 1340. The average molecular weight is 506 g/mol. The Balaban J connectivity index is 1.23. The summed E-state index contributed by atoms with van der Waals surface area (Å²) < 4.78 is 6.44. The van der Waals surface area contributed by atoms with Gasteiger partial charge in [-0.15, -0.1) is 0 Å². The predicted molar refractivity (Wildman–Crippen MR) is 136 cm³/mol. The molecule has 0 spiro atoms. The van der Waals surface area contributed by atoms with Crippen molar-refractivity contribution in [2.24, 2.45) is 5.92 Å². The minimum absolute atomic E-state index is 0.212. The summed E-state index contributed by atoms with van der Waals surface area (Å²) >= 11 is 3.54. The number of amides is 1. The maximum Gasteiger partial charge on any atom is 0.407 e. The summed E-state index contributed by atoms with van der Waals surface area (Å²) in [6.07, 6.45) is 2.54. The minimum Gasteiger partial charge on any atom is -0.444 e. The molecule has 1 aliphatic rings. The van der Waals surface area contributed by atoms with E-state index in [1.54, 1.807) is 0 Å². The van der Waals surface area contributed by atoms with Gasteiger partial charge in [0.25, 0.3) is 0 Å². The number of ether oxygens (including phenoxy) is 1. The Hall–Kier alpha value is -2.86. The number of H-pyrrole nitrogens is 1. The Labute approximate surface area is 202 Å². The van der Waals surface area contributed by atoms with Crippen LogP contribution in [0.2, 0.25) is 0 Å². The summed E-state index contributed by atoms with van der Waals surface area (Å²) in [5.74, 6) is 1.48. The van der Waals surface area contributed by atoms with Crippen molar-refractivity contribution in [1.29, 1.82) is 0 Å². The quantitative estimate of drug-likeness (QED) is 0.307. The highest BCUT2D eigenvalue weighted by molar-refractivity contribution is 9.10. The number of carbonyl (C=O) groups excluding carboxylic acids is 1. The molecule has 0 bridgehead atoms. The second kappa shape index (κ2) is 8.49. The van der Waals surface area contributed by atoms with E-state index in [9.17, 15) is 4.79 Å². The molecule has 3 aromatic carbocycles. The summed E-state index contributed by atoms with van der Waals surface area (Å²) in [7, 11) is 0. The van der Waals surface area contributed by atoms with E-state index in [1.165, 1.54) is 21.9 Å². The van der Waals surface area contributed by atoms with Crippen LogP contribution >= 0.6 is 15.9 Å². The molecule has 0 saturated heterocycles. The van der Waals surface area contributed by atoms with E-state index >= 15 is 0 Å². The van der Waals surface area contributed by atoms with Gasteiger partial charge in [0.15, 0.2) is 0 Å². The zero-order valence-corrected chi connectivity index (χ0v) is 20.7. The number of hydrogen-bond donors (Lipinski definition) is 2. The van der Waals surface area contributed by atoms with Gasteiger partial charge in [-0.05, 0) is 91.8 Å². The number of rotatable bonds is 5. The highest BCUT2D eigenvalue weighted by Crippen LogP contribution is 2.35. The van der Waals surface area contributed by atoms with E-state index in [0.717, 1.165) is 40.6 Å². The van der Waals surface area contributed by atoms with Crippen LogP contribution in [-0.2, 0) is 11.2 Å². The monoisotopic (exact) mass is 505 g/mol. The lowest BCUT2D eigenvalue weighted by atomic mass is 10.0. The number of nitrogens with zero attached hydrogens (tertiary/aromatic N) is 1. The smallest absolute Gasteiger partial charge is 0.407 e. The van der Waals surface area contributed by atoms with Gasteiger partial charge in [-0.3, -0.25) is 0 Å². The molecule has 1 aliphatic carbocycles. The minimum atomic E-state index is -0.467. The van der Waals surface area contributed by atoms with Gasteiger partial charge in [0.2, 0.25) is 0 Å². The number of hydrogen-bond acceptors (Lipinski definition) is 3. The standard InChI is InChI=1S/C27H28BrN3O2/c1-27(2,3)33-26(32)31-23-15-20(23)8-11-25-29-22-10-7-19(14-24(22)30-25)16-4-5-18-13-21(28)9-6-17(18)12-16/h4-7,9-10,12-14,20,23H,8,11,15H2,1-3H3,(H,29,30)(H,31,32). The van der Waals surface area contributed by atoms with Crippen LogP contribution in [0.5, 0.6) is 0 Å². The van der Waals surface area contributed by atoms with Gasteiger partial charge >= 0.3 is 6.09 Å². The van der Waals surface area contributed by atoms with Crippen LogP contribution in [0.1, 0.15) is 39.4 Å². The molecule has 33 heavy (non-hydrogen) atoms.